The van der Waals surface area contributed by atoms with Gasteiger partial charge in [0, 0.05) is 18.3 Å². The quantitative estimate of drug-likeness (QED) is 0.366. The number of carbonyl (C=O) groups is 1. The van der Waals surface area contributed by atoms with Crippen molar-refractivity contribution in [2.24, 2.45) is 7.05 Å². The van der Waals surface area contributed by atoms with E-state index in [2.05, 4.69) is 10.6 Å². The Morgan fingerprint density at radius 2 is 1.91 bits per heavy atom. The van der Waals surface area contributed by atoms with Gasteiger partial charge in [-0.1, -0.05) is 18.2 Å². The molecule has 1 atom stereocenters. The Hall–Kier alpha value is -3.29. The van der Waals surface area contributed by atoms with Gasteiger partial charge in [-0.3, -0.25) is 4.79 Å². The summed E-state index contributed by atoms with van der Waals surface area (Å²) in [6.07, 6.45) is 3.51. The summed E-state index contributed by atoms with van der Waals surface area (Å²) in [6, 6.07) is 19.5. The number of thiophene rings is 1. The average Bonchev–Trinajstić information content (AvgIpc) is 3.34. The molecule has 7 heteroatoms. The van der Waals surface area contributed by atoms with Gasteiger partial charge in [-0.05, 0) is 80.2 Å². The molecule has 1 fully saturated rings. The number of amides is 1. The molecule has 0 spiro atoms. The van der Waals surface area contributed by atoms with Crippen molar-refractivity contribution in [1.29, 1.82) is 0 Å². The molecule has 2 N–H and O–H groups in total. The SMILES string of the molecule is Cn1c(C(=O)Nc2ccccc2COc2ccc(OC3CCCNCC3)cc2)cc2sccc21. The predicted molar refractivity (Wildman–Crippen MR) is 137 cm³/mol. The molecule has 2 aromatic carbocycles. The zero-order valence-electron chi connectivity index (χ0n) is 19.3. The Morgan fingerprint density at radius 1 is 1.09 bits per heavy atom. The minimum atomic E-state index is -0.131. The van der Waals surface area contributed by atoms with E-state index in [9.17, 15) is 4.79 Å². The first kappa shape index (κ1) is 22.5. The smallest absolute Gasteiger partial charge is 0.272 e. The van der Waals surface area contributed by atoms with Crippen LogP contribution in [0.4, 0.5) is 5.69 Å². The van der Waals surface area contributed by atoms with Gasteiger partial charge in [0.25, 0.3) is 5.91 Å². The Labute approximate surface area is 203 Å². The lowest BCUT2D eigenvalue weighted by atomic mass is 10.1. The number of aromatic nitrogens is 1. The molecule has 0 saturated carbocycles. The summed E-state index contributed by atoms with van der Waals surface area (Å²) in [6.45, 7) is 2.43. The van der Waals surface area contributed by atoms with Crippen molar-refractivity contribution >= 4 is 33.1 Å². The number of anilines is 1. The Balaban J connectivity index is 1.21. The number of fused-ring (bicyclic) bond motifs is 1. The average molecular weight is 476 g/mol. The fraction of sp³-hybridized carbons (Fsp3) is 0.296. The molecule has 1 unspecified atom stereocenters. The molecule has 3 heterocycles. The lowest BCUT2D eigenvalue weighted by molar-refractivity contribution is 0.101. The zero-order chi connectivity index (χ0) is 23.3. The number of nitrogens with one attached hydrogen (secondary N) is 2. The number of para-hydroxylation sites is 1. The maximum absolute atomic E-state index is 13.0. The molecule has 1 aliphatic rings. The molecule has 4 aromatic rings. The van der Waals surface area contributed by atoms with Crippen molar-refractivity contribution in [3.8, 4) is 11.5 Å². The Morgan fingerprint density at radius 3 is 2.76 bits per heavy atom. The molecule has 34 heavy (non-hydrogen) atoms. The van der Waals surface area contributed by atoms with E-state index in [1.165, 1.54) is 0 Å². The first-order valence-corrected chi connectivity index (χ1v) is 12.6. The van der Waals surface area contributed by atoms with Gasteiger partial charge in [-0.15, -0.1) is 11.3 Å². The van der Waals surface area contributed by atoms with E-state index in [0.717, 1.165) is 65.3 Å². The van der Waals surface area contributed by atoms with Crippen molar-refractivity contribution in [3.05, 3.63) is 77.3 Å². The lowest BCUT2D eigenvalue weighted by Gasteiger charge is -2.17. The second kappa shape index (κ2) is 10.3. The van der Waals surface area contributed by atoms with Gasteiger partial charge in [-0.25, -0.2) is 0 Å². The molecule has 0 bridgehead atoms. The first-order chi connectivity index (χ1) is 16.7. The van der Waals surface area contributed by atoms with Crippen LogP contribution >= 0.6 is 11.3 Å². The molecule has 176 valence electrons. The summed E-state index contributed by atoms with van der Waals surface area (Å²) >= 11 is 1.63. The van der Waals surface area contributed by atoms with Crippen LogP contribution in [0.25, 0.3) is 10.2 Å². The van der Waals surface area contributed by atoms with E-state index in [1.54, 1.807) is 11.3 Å². The van der Waals surface area contributed by atoms with Crippen LogP contribution in [0, 0.1) is 0 Å². The highest BCUT2D eigenvalue weighted by Crippen LogP contribution is 2.26. The second-order valence-electron chi connectivity index (χ2n) is 8.55. The number of nitrogens with zero attached hydrogens (tertiary/aromatic N) is 1. The van der Waals surface area contributed by atoms with Crippen LogP contribution in [0.1, 0.15) is 35.3 Å². The van der Waals surface area contributed by atoms with E-state index in [4.69, 9.17) is 9.47 Å². The molecule has 2 aromatic heterocycles. The lowest BCUT2D eigenvalue weighted by Crippen LogP contribution is -2.19. The van der Waals surface area contributed by atoms with Crippen LogP contribution in [-0.4, -0.2) is 29.7 Å². The highest BCUT2D eigenvalue weighted by molar-refractivity contribution is 7.17. The largest absolute Gasteiger partial charge is 0.490 e. The number of hydrogen-bond donors (Lipinski definition) is 2. The molecule has 1 amide bonds. The standard InChI is InChI=1S/C27H29N3O3S/c1-30-24-13-16-34-26(24)17-25(30)27(31)29-23-7-3-2-5-19(23)18-32-20-8-10-22(11-9-20)33-21-6-4-14-28-15-12-21/h2-3,5,7-11,13,16-17,21,28H,4,6,12,14-15,18H2,1H3,(H,29,31). The minimum absolute atomic E-state index is 0.131. The molecule has 6 nitrogen and oxygen atoms in total. The normalized spacial score (nSPS) is 16.2. The van der Waals surface area contributed by atoms with Crippen LogP contribution in [0.2, 0.25) is 0 Å². The van der Waals surface area contributed by atoms with Gasteiger partial charge in [-0.2, -0.15) is 0 Å². The van der Waals surface area contributed by atoms with Crippen molar-refractivity contribution < 1.29 is 14.3 Å². The van der Waals surface area contributed by atoms with E-state index in [1.807, 2.05) is 77.7 Å². The number of benzene rings is 2. The number of aryl methyl sites for hydroxylation is 1. The number of ether oxygens (including phenoxy) is 2. The molecule has 1 aliphatic heterocycles. The van der Waals surface area contributed by atoms with Crippen LogP contribution in [0.15, 0.2) is 66.0 Å². The Kier molecular flexibility index (Phi) is 6.83. The van der Waals surface area contributed by atoms with Crippen molar-refractivity contribution in [3.63, 3.8) is 0 Å². The van der Waals surface area contributed by atoms with Gasteiger partial charge in [0.2, 0.25) is 0 Å². The highest BCUT2D eigenvalue weighted by atomic mass is 32.1. The third-order valence-corrected chi connectivity index (χ3v) is 7.06. The van der Waals surface area contributed by atoms with E-state index < -0.39 is 0 Å². The molecule has 5 rings (SSSR count). The van der Waals surface area contributed by atoms with E-state index in [0.29, 0.717) is 12.3 Å². The fourth-order valence-electron chi connectivity index (χ4n) is 4.30. The van der Waals surface area contributed by atoms with Crippen LogP contribution < -0.4 is 20.1 Å². The fourth-order valence-corrected chi connectivity index (χ4v) is 5.14. The molecule has 0 aliphatic carbocycles. The van der Waals surface area contributed by atoms with E-state index in [-0.39, 0.29) is 12.0 Å². The zero-order valence-corrected chi connectivity index (χ0v) is 20.1. The monoisotopic (exact) mass is 475 g/mol. The third kappa shape index (κ3) is 5.11. The topological polar surface area (TPSA) is 64.5 Å². The molecular formula is C27H29N3O3S. The number of hydrogen-bond acceptors (Lipinski definition) is 5. The highest BCUT2D eigenvalue weighted by Gasteiger charge is 2.16. The van der Waals surface area contributed by atoms with Crippen LogP contribution in [0.3, 0.4) is 0 Å². The third-order valence-electron chi connectivity index (χ3n) is 6.21. The summed E-state index contributed by atoms with van der Waals surface area (Å²) in [5.41, 5.74) is 3.37. The van der Waals surface area contributed by atoms with Crippen molar-refractivity contribution in [2.75, 3.05) is 18.4 Å². The minimum Gasteiger partial charge on any atom is -0.490 e. The first-order valence-electron chi connectivity index (χ1n) is 11.7. The van der Waals surface area contributed by atoms with Crippen molar-refractivity contribution in [1.82, 2.24) is 9.88 Å². The van der Waals surface area contributed by atoms with E-state index >= 15 is 0 Å². The van der Waals surface area contributed by atoms with Gasteiger partial charge in [0.1, 0.15) is 23.8 Å². The summed E-state index contributed by atoms with van der Waals surface area (Å²) < 4.78 is 15.2. The van der Waals surface area contributed by atoms with Crippen LogP contribution in [-0.2, 0) is 13.7 Å². The van der Waals surface area contributed by atoms with Gasteiger partial charge in [0.05, 0.1) is 16.3 Å². The summed E-state index contributed by atoms with van der Waals surface area (Å²) in [5, 5.41) is 8.50. The van der Waals surface area contributed by atoms with Gasteiger partial charge >= 0.3 is 0 Å². The molecule has 1 saturated heterocycles. The number of rotatable bonds is 7. The molecule has 0 radical (unpaired) electrons. The second-order valence-corrected chi connectivity index (χ2v) is 9.50. The Bertz CT molecular complexity index is 1250. The maximum atomic E-state index is 13.0. The summed E-state index contributed by atoms with van der Waals surface area (Å²) in [7, 11) is 1.92. The van der Waals surface area contributed by atoms with Gasteiger partial charge in [0.15, 0.2) is 0 Å². The van der Waals surface area contributed by atoms with Crippen molar-refractivity contribution in [2.45, 2.75) is 32.0 Å². The molecular weight excluding hydrogens is 446 g/mol. The number of carbonyl (C=O) groups excluding carboxylic acids is 1. The summed E-state index contributed by atoms with van der Waals surface area (Å²) in [4.78, 5) is 13.0. The van der Waals surface area contributed by atoms with Crippen LogP contribution in [0.5, 0.6) is 11.5 Å². The summed E-state index contributed by atoms with van der Waals surface area (Å²) in [5.74, 6) is 1.50. The van der Waals surface area contributed by atoms with Gasteiger partial charge < -0.3 is 24.7 Å². The predicted octanol–water partition coefficient (Wildman–Crippen LogP) is 5.59. The maximum Gasteiger partial charge on any atom is 0.272 e.